The molecule has 0 fully saturated rings. The van der Waals surface area contributed by atoms with Crippen LogP contribution >= 0.6 is 0 Å². The number of phenolic OH excluding ortho intramolecular Hbond substituents is 1. The molecule has 0 amide bonds. The molecule has 1 N–H and O–H groups in total. The number of para-hydroxylation sites is 3. The van der Waals surface area contributed by atoms with E-state index >= 15 is 0 Å². The summed E-state index contributed by atoms with van der Waals surface area (Å²) in [7, 11) is 0. The second-order valence-electron chi connectivity index (χ2n) is 8.30. The van der Waals surface area contributed by atoms with E-state index in [9.17, 15) is 5.11 Å². The molecule has 0 aliphatic rings. The normalized spacial score (nSPS) is 10.9. The van der Waals surface area contributed by atoms with E-state index in [4.69, 9.17) is 9.72 Å². The predicted molar refractivity (Wildman–Crippen MR) is 138 cm³/mol. The number of fused-ring (bicyclic) bond motifs is 3. The van der Waals surface area contributed by atoms with Gasteiger partial charge in [0.1, 0.15) is 11.4 Å². The van der Waals surface area contributed by atoms with Gasteiger partial charge in [-0.3, -0.25) is 9.55 Å². The summed E-state index contributed by atoms with van der Waals surface area (Å²) in [5, 5.41) is 12.7. The summed E-state index contributed by atoms with van der Waals surface area (Å²) in [6.45, 7) is 2.10. The van der Waals surface area contributed by atoms with E-state index in [1.807, 2.05) is 77.4 Å². The van der Waals surface area contributed by atoms with Crippen molar-refractivity contribution in [1.29, 1.82) is 0 Å². The number of hydrogen-bond acceptors (Lipinski definition) is 4. The van der Waals surface area contributed by atoms with Crippen LogP contribution in [0.15, 0.2) is 97.2 Å². The molecule has 0 atom stereocenters. The fourth-order valence-electron chi connectivity index (χ4n) is 4.38. The molecule has 0 unspecified atom stereocenters. The Kier molecular flexibility index (Phi) is 6.58. The van der Waals surface area contributed by atoms with Crippen LogP contribution in [0.2, 0.25) is 0 Å². The number of phenols is 1. The SMILES string of the molecule is CCc1ccnc(Oc2[c-]c(-c3ccc4c5ccccc5n(-c5ccccc5O)c4n3)ccc2)c1.[Pt]. The van der Waals surface area contributed by atoms with Crippen LogP contribution in [0.1, 0.15) is 12.5 Å². The van der Waals surface area contributed by atoms with Gasteiger partial charge in [-0.05, 0) is 41.9 Å². The van der Waals surface area contributed by atoms with Crippen LogP contribution in [0.4, 0.5) is 0 Å². The van der Waals surface area contributed by atoms with Gasteiger partial charge in [0.2, 0.25) is 5.88 Å². The minimum Gasteiger partial charge on any atom is -0.506 e. The maximum atomic E-state index is 10.6. The number of aromatic hydroxyl groups is 1. The van der Waals surface area contributed by atoms with Crippen LogP contribution in [0.5, 0.6) is 17.4 Å². The van der Waals surface area contributed by atoms with Gasteiger partial charge in [-0.1, -0.05) is 55.5 Å². The Morgan fingerprint density at radius 3 is 2.58 bits per heavy atom. The van der Waals surface area contributed by atoms with Crippen LogP contribution in [0.25, 0.3) is 38.9 Å². The number of aromatic nitrogens is 3. The minimum absolute atomic E-state index is 0. The van der Waals surface area contributed by atoms with Gasteiger partial charge in [0.25, 0.3) is 0 Å². The molecule has 0 saturated heterocycles. The Morgan fingerprint density at radius 2 is 1.72 bits per heavy atom. The molecule has 0 bridgehead atoms. The first-order valence-electron chi connectivity index (χ1n) is 11.6. The van der Waals surface area contributed by atoms with Crippen LogP contribution < -0.4 is 4.74 Å². The van der Waals surface area contributed by atoms with Gasteiger partial charge in [-0.25, -0.2) is 4.98 Å². The van der Waals surface area contributed by atoms with Gasteiger partial charge < -0.3 is 9.84 Å². The zero-order valence-electron chi connectivity index (χ0n) is 19.5. The van der Waals surface area contributed by atoms with Crippen molar-refractivity contribution in [2.24, 2.45) is 0 Å². The zero-order chi connectivity index (χ0) is 23.8. The second-order valence-corrected chi connectivity index (χ2v) is 8.30. The summed E-state index contributed by atoms with van der Waals surface area (Å²) in [5.41, 5.74) is 5.17. The first-order chi connectivity index (χ1) is 17.2. The van der Waals surface area contributed by atoms with E-state index in [1.54, 1.807) is 12.3 Å². The number of pyridine rings is 2. The summed E-state index contributed by atoms with van der Waals surface area (Å²) in [6.07, 6.45) is 2.67. The van der Waals surface area contributed by atoms with Gasteiger partial charge in [-0.15, -0.1) is 23.8 Å². The van der Waals surface area contributed by atoms with Crippen LogP contribution in [-0.2, 0) is 27.5 Å². The molecule has 3 aromatic heterocycles. The molecule has 0 saturated carbocycles. The first kappa shape index (κ1) is 23.8. The average molecular weight is 652 g/mol. The van der Waals surface area contributed by atoms with Crippen molar-refractivity contribution >= 4 is 21.9 Å². The molecule has 180 valence electrons. The summed E-state index contributed by atoms with van der Waals surface area (Å²) in [4.78, 5) is 9.34. The van der Waals surface area contributed by atoms with Gasteiger partial charge in [-0.2, -0.15) is 0 Å². The molecule has 6 heteroatoms. The number of rotatable bonds is 5. The number of ether oxygens (including phenoxy) is 1. The maximum Gasteiger partial charge on any atom is 0.217 e. The first-order valence-corrected chi connectivity index (χ1v) is 11.6. The van der Waals surface area contributed by atoms with E-state index in [0.717, 1.165) is 45.2 Å². The predicted octanol–water partition coefficient (Wildman–Crippen LogP) is 7.10. The van der Waals surface area contributed by atoms with Crippen molar-refractivity contribution in [3.63, 3.8) is 0 Å². The smallest absolute Gasteiger partial charge is 0.217 e. The van der Waals surface area contributed by atoms with Crippen molar-refractivity contribution < 1.29 is 30.9 Å². The van der Waals surface area contributed by atoms with Crippen molar-refractivity contribution in [1.82, 2.24) is 14.5 Å². The molecule has 0 aliphatic heterocycles. The topological polar surface area (TPSA) is 60.2 Å². The van der Waals surface area contributed by atoms with E-state index in [2.05, 4.69) is 30.1 Å². The maximum absolute atomic E-state index is 10.6. The van der Waals surface area contributed by atoms with Crippen LogP contribution in [-0.4, -0.2) is 19.6 Å². The van der Waals surface area contributed by atoms with Gasteiger partial charge in [0, 0.05) is 49.9 Å². The molecule has 6 rings (SSSR count). The standard InChI is InChI=1S/C30H22N3O2.Pt/c1-2-20-16-17-31-29(18-20)35-22-9-7-8-21(19-22)25-15-14-24-23-10-3-4-11-26(23)33(30(24)32-25)27-12-5-6-13-28(27)34;/h3-18,34H,2H2,1H3;/q-1;. The third-order valence-corrected chi connectivity index (χ3v) is 6.11. The molecular weight excluding hydrogens is 629 g/mol. The summed E-state index contributed by atoms with van der Waals surface area (Å²) < 4.78 is 8.00. The molecule has 5 nitrogen and oxygen atoms in total. The molecular formula is C30H22N3O2Pt-. The number of nitrogens with zero attached hydrogens (tertiary/aromatic N) is 3. The van der Waals surface area contributed by atoms with Crippen LogP contribution in [0, 0.1) is 6.07 Å². The van der Waals surface area contributed by atoms with Gasteiger partial charge in [0.05, 0.1) is 11.2 Å². The number of aryl methyl sites for hydroxylation is 1. The van der Waals surface area contributed by atoms with Gasteiger partial charge in [0.15, 0.2) is 0 Å². The Bertz CT molecular complexity index is 1690. The Labute approximate surface area is 223 Å². The van der Waals surface area contributed by atoms with Crippen molar-refractivity contribution in [3.05, 3.63) is 109 Å². The third-order valence-electron chi connectivity index (χ3n) is 6.11. The monoisotopic (exact) mass is 651 g/mol. The zero-order valence-corrected chi connectivity index (χ0v) is 21.7. The quantitative estimate of drug-likeness (QED) is 0.202. The molecule has 3 aromatic carbocycles. The Morgan fingerprint density at radius 1 is 0.889 bits per heavy atom. The van der Waals surface area contributed by atoms with Crippen molar-refractivity contribution in [3.8, 4) is 34.3 Å². The van der Waals surface area contributed by atoms with Crippen molar-refractivity contribution in [2.45, 2.75) is 13.3 Å². The van der Waals surface area contributed by atoms with E-state index < -0.39 is 0 Å². The number of benzene rings is 3. The van der Waals surface area contributed by atoms with E-state index in [-0.39, 0.29) is 26.8 Å². The average Bonchev–Trinajstić information content (AvgIpc) is 3.23. The molecule has 6 aromatic rings. The summed E-state index contributed by atoms with van der Waals surface area (Å²) >= 11 is 0. The minimum atomic E-state index is 0. The van der Waals surface area contributed by atoms with Gasteiger partial charge >= 0.3 is 0 Å². The van der Waals surface area contributed by atoms with Crippen molar-refractivity contribution in [2.75, 3.05) is 0 Å². The third kappa shape index (κ3) is 4.27. The fourth-order valence-corrected chi connectivity index (χ4v) is 4.38. The fraction of sp³-hybridized carbons (Fsp3) is 0.0667. The second kappa shape index (κ2) is 9.96. The molecule has 36 heavy (non-hydrogen) atoms. The van der Waals surface area contributed by atoms with E-state index in [1.165, 1.54) is 0 Å². The van der Waals surface area contributed by atoms with Crippen LogP contribution in [0.3, 0.4) is 0 Å². The summed E-state index contributed by atoms with van der Waals surface area (Å²) in [6, 6.07) is 32.5. The molecule has 0 radical (unpaired) electrons. The molecule has 0 spiro atoms. The van der Waals surface area contributed by atoms with E-state index in [0.29, 0.717) is 17.3 Å². The molecule has 3 heterocycles. The Hall–Kier alpha value is -3.95. The number of hydrogen-bond donors (Lipinski definition) is 1. The summed E-state index contributed by atoms with van der Waals surface area (Å²) in [5.74, 6) is 1.32. The largest absolute Gasteiger partial charge is 0.506 e. The Balaban J connectivity index is 0.00000267. The molecule has 0 aliphatic carbocycles.